The molecule has 2 aromatic rings. The van der Waals surface area contributed by atoms with E-state index in [-0.39, 0.29) is 0 Å². The number of nitrogens with two attached hydrogens (primary N) is 1. The van der Waals surface area contributed by atoms with Crippen LogP contribution in [0.15, 0.2) is 36.4 Å². The van der Waals surface area contributed by atoms with Gasteiger partial charge in [-0.15, -0.1) is 0 Å². The van der Waals surface area contributed by atoms with Crippen molar-refractivity contribution in [1.82, 2.24) is 0 Å². The first-order chi connectivity index (χ1) is 10.2. The van der Waals surface area contributed by atoms with Crippen LogP contribution in [0.25, 0.3) is 0 Å². The Hall–Kier alpha value is -1.91. The van der Waals surface area contributed by atoms with Gasteiger partial charge in [0.15, 0.2) is 11.5 Å². The molecule has 2 rings (SSSR count). The van der Waals surface area contributed by atoms with Crippen molar-refractivity contribution in [3.8, 4) is 23.0 Å². The second kappa shape index (κ2) is 7.20. The Labute approximate surface area is 129 Å². The number of rotatable bonds is 6. The molecule has 0 bridgehead atoms. The number of ether oxygens (including phenoxy) is 3. The third kappa shape index (κ3) is 3.40. The Balaban J connectivity index is 2.45. The summed E-state index contributed by atoms with van der Waals surface area (Å²) in [6, 6.07) is 11.0. The van der Waals surface area contributed by atoms with Crippen molar-refractivity contribution in [3.05, 3.63) is 47.0 Å². The summed E-state index contributed by atoms with van der Waals surface area (Å²) in [4.78, 5) is 0. The summed E-state index contributed by atoms with van der Waals surface area (Å²) in [5.41, 5.74) is 6.51. The average molecular weight is 308 g/mol. The molecule has 5 heteroatoms. The van der Waals surface area contributed by atoms with Crippen LogP contribution in [-0.4, -0.2) is 20.8 Å². The van der Waals surface area contributed by atoms with Crippen molar-refractivity contribution in [2.24, 2.45) is 5.73 Å². The van der Waals surface area contributed by atoms with Gasteiger partial charge >= 0.3 is 0 Å². The SMILES string of the molecule is COc1cccc(OC)c1Oc1cccc(Cl)c1CCN. The van der Waals surface area contributed by atoms with Gasteiger partial charge in [-0.1, -0.05) is 23.7 Å². The van der Waals surface area contributed by atoms with Gasteiger partial charge in [-0.25, -0.2) is 0 Å². The van der Waals surface area contributed by atoms with Crippen LogP contribution in [0.4, 0.5) is 0 Å². The van der Waals surface area contributed by atoms with Crippen LogP contribution >= 0.6 is 11.6 Å². The van der Waals surface area contributed by atoms with Crippen LogP contribution in [0, 0.1) is 0 Å². The third-order valence-electron chi connectivity index (χ3n) is 3.06. The number of methoxy groups -OCH3 is 2. The topological polar surface area (TPSA) is 53.7 Å². The molecular formula is C16H18ClNO3. The van der Waals surface area contributed by atoms with Crippen molar-refractivity contribution >= 4 is 11.6 Å². The number of para-hydroxylation sites is 1. The van der Waals surface area contributed by atoms with Crippen molar-refractivity contribution in [1.29, 1.82) is 0 Å². The lowest BCUT2D eigenvalue weighted by Gasteiger charge is -2.16. The monoisotopic (exact) mass is 307 g/mol. The molecule has 0 saturated carbocycles. The molecule has 0 aliphatic heterocycles. The zero-order chi connectivity index (χ0) is 15.2. The fourth-order valence-electron chi connectivity index (χ4n) is 2.05. The lowest BCUT2D eigenvalue weighted by atomic mass is 10.1. The highest BCUT2D eigenvalue weighted by Crippen LogP contribution is 2.41. The molecule has 0 aliphatic carbocycles. The first-order valence-electron chi connectivity index (χ1n) is 6.57. The normalized spacial score (nSPS) is 10.3. The van der Waals surface area contributed by atoms with E-state index in [1.807, 2.05) is 36.4 Å². The van der Waals surface area contributed by atoms with Gasteiger partial charge in [-0.3, -0.25) is 0 Å². The molecule has 0 radical (unpaired) electrons. The molecule has 0 saturated heterocycles. The van der Waals surface area contributed by atoms with E-state index in [0.717, 1.165) is 5.56 Å². The number of halogens is 1. The molecule has 2 N–H and O–H groups in total. The summed E-state index contributed by atoms with van der Waals surface area (Å²) in [5, 5.41) is 0.631. The maximum Gasteiger partial charge on any atom is 0.211 e. The van der Waals surface area contributed by atoms with Gasteiger partial charge in [-0.05, 0) is 37.2 Å². The standard InChI is InChI=1S/C16H18ClNO3/c1-19-14-7-4-8-15(20-2)16(14)21-13-6-3-5-12(17)11(13)9-10-18/h3-8H,9-10,18H2,1-2H3. The lowest BCUT2D eigenvalue weighted by molar-refractivity contribution is 0.345. The van der Waals surface area contributed by atoms with Crippen LogP contribution in [0.2, 0.25) is 5.02 Å². The quantitative estimate of drug-likeness (QED) is 0.885. The van der Waals surface area contributed by atoms with Crippen molar-refractivity contribution in [2.75, 3.05) is 20.8 Å². The maximum atomic E-state index is 6.22. The average Bonchev–Trinajstić information content (AvgIpc) is 2.51. The van der Waals surface area contributed by atoms with Gasteiger partial charge in [0.05, 0.1) is 14.2 Å². The fraction of sp³-hybridized carbons (Fsp3) is 0.250. The van der Waals surface area contributed by atoms with Gasteiger partial charge < -0.3 is 19.9 Å². The predicted octanol–water partition coefficient (Wildman–Crippen LogP) is 3.65. The molecule has 112 valence electrons. The van der Waals surface area contributed by atoms with E-state index in [9.17, 15) is 0 Å². The fourth-order valence-corrected chi connectivity index (χ4v) is 2.31. The number of hydrogen-bond donors (Lipinski definition) is 1. The first-order valence-corrected chi connectivity index (χ1v) is 6.95. The van der Waals surface area contributed by atoms with Crippen LogP contribution in [-0.2, 0) is 6.42 Å². The van der Waals surface area contributed by atoms with Crippen LogP contribution in [0.3, 0.4) is 0 Å². The molecule has 0 amide bonds. The van der Waals surface area contributed by atoms with Gasteiger partial charge in [0.1, 0.15) is 5.75 Å². The van der Waals surface area contributed by atoms with Gasteiger partial charge in [0.2, 0.25) is 5.75 Å². The first kappa shape index (κ1) is 15.5. The molecular weight excluding hydrogens is 290 g/mol. The molecule has 4 nitrogen and oxygen atoms in total. The molecule has 21 heavy (non-hydrogen) atoms. The van der Waals surface area contributed by atoms with Gasteiger partial charge in [-0.2, -0.15) is 0 Å². The molecule has 0 aromatic heterocycles. The van der Waals surface area contributed by atoms with E-state index in [2.05, 4.69) is 0 Å². The summed E-state index contributed by atoms with van der Waals surface area (Å²) in [5.74, 6) is 2.35. The minimum atomic E-state index is 0.489. The molecule has 2 aromatic carbocycles. The Morgan fingerprint density at radius 3 is 2.10 bits per heavy atom. The summed E-state index contributed by atoms with van der Waals surface area (Å²) in [6.45, 7) is 0.489. The molecule has 0 unspecified atom stereocenters. The molecule has 0 fully saturated rings. The molecule has 0 spiro atoms. The van der Waals surface area contributed by atoms with E-state index in [0.29, 0.717) is 41.0 Å². The molecule has 0 heterocycles. The highest BCUT2D eigenvalue weighted by molar-refractivity contribution is 6.31. The molecule has 0 aliphatic rings. The number of hydrogen-bond acceptors (Lipinski definition) is 4. The minimum absolute atomic E-state index is 0.489. The third-order valence-corrected chi connectivity index (χ3v) is 3.42. The Bertz CT molecular complexity index is 594. The highest BCUT2D eigenvalue weighted by Gasteiger charge is 2.15. The number of benzene rings is 2. The zero-order valence-electron chi connectivity index (χ0n) is 12.1. The van der Waals surface area contributed by atoms with Crippen molar-refractivity contribution in [2.45, 2.75) is 6.42 Å². The summed E-state index contributed by atoms with van der Waals surface area (Å²) in [6.07, 6.45) is 0.631. The maximum absolute atomic E-state index is 6.22. The summed E-state index contributed by atoms with van der Waals surface area (Å²) in [7, 11) is 3.17. The molecule has 0 atom stereocenters. The zero-order valence-corrected chi connectivity index (χ0v) is 12.8. The highest BCUT2D eigenvalue weighted by atomic mass is 35.5. The minimum Gasteiger partial charge on any atom is -0.493 e. The van der Waals surface area contributed by atoms with E-state index < -0.39 is 0 Å². The Morgan fingerprint density at radius 1 is 0.952 bits per heavy atom. The van der Waals surface area contributed by atoms with Crippen LogP contribution < -0.4 is 19.9 Å². The largest absolute Gasteiger partial charge is 0.493 e. The van der Waals surface area contributed by atoms with E-state index in [4.69, 9.17) is 31.5 Å². The van der Waals surface area contributed by atoms with Crippen LogP contribution in [0.5, 0.6) is 23.0 Å². The van der Waals surface area contributed by atoms with Crippen molar-refractivity contribution in [3.63, 3.8) is 0 Å². The second-order valence-electron chi connectivity index (χ2n) is 4.35. The predicted molar refractivity (Wildman–Crippen MR) is 83.8 cm³/mol. The Morgan fingerprint density at radius 2 is 1.52 bits per heavy atom. The van der Waals surface area contributed by atoms with E-state index >= 15 is 0 Å². The second-order valence-corrected chi connectivity index (χ2v) is 4.76. The summed E-state index contributed by atoms with van der Waals surface area (Å²) < 4.78 is 16.7. The Kier molecular flexibility index (Phi) is 5.31. The lowest BCUT2D eigenvalue weighted by Crippen LogP contribution is -2.05. The van der Waals surface area contributed by atoms with E-state index in [1.54, 1.807) is 14.2 Å². The van der Waals surface area contributed by atoms with Crippen molar-refractivity contribution < 1.29 is 14.2 Å². The van der Waals surface area contributed by atoms with Crippen LogP contribution in [0.1, 0.15) is 5.56 Å². The van der Waals surface area contributed by atoms with E-state index in [1.165, 1.54) is 0 Å². The smallest absolute Gasteiger partial charge is 0.211 e. The van der Waals surface area contributed by atoms with Gasteiger partial charge in [0.25, 0.3) is 0 Å². The van der Waals surface area contributed by atoms with Gasteiger partial charge in [0, 0.05) is 10.6 Å². The summed E-state index contributed by atoms with van der Waals surface area (Å²) >= 11 is 6.22.